The summed E-state index contributed by atoms with van der Waals surface area (Å²) in [6.45, 7) is 0.587. The number of ether oxygens (including phenoxy) is 1. The zero-order valence-electron chi connectivity index (χ0n) is 13.8. The van der Waals surface area contributed by atoms with E-state index >= 15 is 0 Å². The first kappa shape index (κ1) is 19.1. The molecule has 0 fully saturated rings. The summed E-state index contributed by atoms with van der Waals surface area (Å²) in [4.78, 5) is 4.45. The van der Waals surface area contributed by atoms with Crippen LogP contribution in [0.1, 0.15) is 24.2 Å². The average Bonchev–Trinajstić information content (AvgIpc) is 3.10. The van der Waals surface area contributed by atoms with Gasteiger partial charge in [-0.2, -0.15) is 20.1 Å². The van der Waals surface area contributed by atoms with E-state index in [9.17, 15) is 13.9 Å². The molecule has 0 amide bonds. The topological polar surface area (TPSA) is 65.9 Å². The van der Waals surface area contributed by atoms with Gasteiger partial charge in [0.15, 0.2) is 5.96 Å². The Kier molecular flexibility index (Phi) is 7.62. The van der Waals surface area contributed by atoms with Gasteiger partial charge in [-0.05, 0) is 47.0 Å². The lowest BCUT2D eigenvalue weighted by Gasteiger charge is -2.16. The highest BCUT2D eigenvalue weighted by atomic mass is 32.1. The number of nitrogens with zero attached hydrogens (tertiary/aromatic N) is 1. The van der Waals surface area contributed by atoms with Gasteiger partial charge in [0.1, 0.15) is 5.75 Å². The maximum atomic E-state index is 12.1. The fraction of sp³-hybridized carbons (Fsp3) is 0.353. The Hall–Kier alpha value is -2.19. The number of guanidine groups is 1. The SMILES string of the molecule is CCNC(=NCc1ccsc1)NCC(O)c1ccc(OC(F)F)cc1. The van der Waals surface area contributed by atoms with E-state index < -0.39 is 12.7 Å². The quantitative estimate of drug-likeness (QED) is 0.494. The standard InChI is InChI=1S/C17H21F2N3O2S/c1-2-20-17(21-9-12-7-8-25-11-12)22-10-15(23)13-3-5-14(6-4-13)24-16(18)19/h3-8,11,15-16,23H,2,9-10H2,1H3,(H2,20,21,22). The molecule has 1 aromatic heterocycles. The van der Waals surface area contributed by atoms with Crippen molar-refractivity contribution in [2.45, 2.75) is 26.2 Å². The Morgan fingerprint density at radius 2 is 2.00 bits per heavy atom. The Balaban J connectivity index is 1.89. The molecule has 0 bridgehead atoms. The van der Waals surface area contributed by atoms with Crippen LogP contribution in [0.15, 0.2) is 46.1 Å². The molecule has 0 saturated heterocycles. The zero-order chi connectivity index (χ0) is 18.1. The van der Waals surface area contributed by atoms with E-state index in [4.69, 9.17) is 0 Å². The van der Waals surface area contributed by atoms with Crippen LogP contribution < -0.4 is 15.4 Å². The molecule has 1 aromatic carbocycles. The van der Waals surface area contributed by atoms with Crippen molar-refractivity contribution in [1.29, 1.82) is 0 Å². The Morgan fingerprint density at radius 1 is 1.24 bits per heavy atom. The predicted octanol–water partition coefficient (Wildman–Crippen LogP) is 3.14. The monoisotopic (exact) mass is 369 g/mol. The molecule has 1 unspecified atom stereocenters. The largest absolute Gasteiger partial charge is 0.435 e. The lowest BCUT2D eigenvalue weighted by molar-refractivity contribution is -0.0498. The molecule has 136 valence electrons. The van der Waals surface area contributed by atoms with E-state index in [-0.39, 0.29) is 12.3 Å². The van der Waals surface area contributed by atoms with Crippen LogP contribution in [0, 0.1) is 0 Å². The van der Waals surface area contributed by atoms with Crippen LogP contribution in [0.4, 0.5) is 8.78 Å². The van der Waals surface area contributed by atoms with Gasteiger partial charge in [0.2, 0.25) is 0 Å². The van der Waals surface area contributed by atoms with Crippen LogP contribution in [0.3, 0.4) is 0 Å². The smallest absolute Gasteiger partial charge is 0.387 e. The molecule has 5 nitrogen and oxygen atoms in total. The molecule has 1 heterocycles. The number of nitrogens with one attached hydrogen (secondary N) is 2. The van der Waals surface area contributed by atoms with Gasteiger partial charge in [-0.1, -0.05) is 12.1 Å². The molecule has 3 N–H and O–H groups in total. The van der Waals surface area contributed by atoms with Crippen molar-refractivity contribution in [1.82, 2.24) is 10.6 Å². The van der Waals surface area contributed by atoms with Crippen molar-refractivity contribution in [2.24, 2.45) is 4.99 Å². The van der Waals surface area contributed by atoms with Gasteiger partial charge in [0.05, 0.1) is 12.6 Å². The number of aliphatic hydroxyl groups is 1. The first-order valence-corrected chi connectivity index (χ1v) is 8.79. The molecule has 2 aromatic rings. The van der Waals surface area contributed by atoms with Crippen LogP contribution in [0.25, 0.3) is 0 Å². The maximum absolute atomic E-state index is 12.1. The van der Waals surface area contributed by atoms with E-state index in [0.29, 0.717) is 24.6 Å². The van der Waals surface area contributed by atoms with E-state index in [1.807, 2.05) is 23.8 Å². The second-order valence-corrected chi connectivity index (χ2v) is 5.95. The van der Waals surface area contributed by atoms with Crippen LogP contribution in [-0.4, -0.2) is 30.8 Å². The van der Waals surface area contributed by atoms with E-state index in [0.717, 1.165) is 5.56 Å². The van der Waals surface area contributed by atoms with Gasteiger partial charge in [-0.25, -0.2) is 4.99 Å². The maximum Gasteiger partial charge on any atom is 0.387 e. The Labute approximate surface area is 149 Å². The Bertz CT molecular complexity index is 648. The van der Waals surface area contributed by atoms with Gasteiger partial charge in [0.25, 0.3) is 0 Å². The third kappa shape index (κ3) is 6.67. The van der Waals surface area contributed by atoms with Gasteiger partial charge < -0.3 is 20.5 Å². The molecule has 25 heavy (non-hydrogen) atoms. The third-order valence-electron chi connectivity index (χ3n) is 3.30. The lowest BCUT2D eigenvalue weighted by atomic mass is 10.1. The fourth-order valence-corrected chi connectivity index (χ4v) is 2.74. The third-order valence-corrected chi connectivity index (χ3v) is 4.03. The molecule has 0 aliphatic heterocycles. The minimum Gasteiger partial charge on any atom is -0.435 e. The minimum atomic E-state index is -2.86. The molecule has 0 aliphatic rings. The van der Waals surface area contributed by atoms with Gasteiger partial charge in [-0.15, -0.1) is 0 Å². The second kappa shape index (κ2) is 9.95. The zero-order valence-corrected chi connectivity index (χ0v) is 14.6. The van der Waals surface area contributed by atoms with E-state index in [1.54, 1.807) is 23.5 Å². The van der Waals surface area contributed by atoms with Crippen molar-refractivity contribution in [3.05, 3.63) is 52.2 Å². The number of aliphatic hydroxyl groups excluding tert-OH is 1. The summed E-state index contributed by atoms with van der Waals surface area (Å²) in [7, 11) is 0. The number of hydrogen-bond donors (Lipinski definition) is 3. The second-order valence-electron chi connectivity index (χ2n) is 5.17. The minimum absolute atomic E-state index is 0.0598. The number of aliphatic imine (C=N–C) groups is 1. The number of benzene rings is 1. The predicted molar refractivity (Wildman–Crippen MR) is 95.2 cm³/mol. The summed E-state index contributed by atoms with van der Waals surface area (Å²) in [5.74, 6) is 0.662. The van der Waals surface area contributed by atoms with Crippen molar-refractivity contribution in [2.75, 3.05) is 13.1 Å². The number of halogens is 2. The molecule has 1 atom stereocenters. The van der Waals surface area contributed by atoms with Crippen LogP contribution in [-0.2, 0) is 6.54 Å². The number of rotatable bonds is 8. The van der Waals surface area contributed by atoms with Crippen LogP contribution in [0.2, 0.25) is 0 Å². The average molecular weight is 369 g/mol. The normalized spacial score (nSPS) is 12.9. The summed E-state index contributed by atoms with van der Waals surface area (Å²) in [6.07, 6.45) is -0.800. The van der Waals surface area contributed by atoms with Gasteiger partial charge in [-0.3, -0.25) is 0 Å². The fourth-order valence-electron chi connectivity index (χ4n) is 2.08. The molecular formula is C17H21F2N3O2S. The molecule has 0 spiro atoms. The molecular weight excluding hydrogens is 348 g/mol. The molecule has 0 saturated carbocycles. The summed E-state index contributed by atoms with van der Waals surface area (Å²) in [6, 6.07) is 7.93. The van der Waals surface area contributed by atoms with Crippen LogP contribution in [0.5, 0.6) is 5.75 Å². The van der Waals surface area contributed by atoms with Crippen molar-refractivity contribution < 1.29 is 18.6 Å². The van der Waals surface area contributed by atoms with Crippen molar-refractivity contribution in [3.63, 3.8) is 0 Å². The van der Waals surface area contributed by atoms with E-state index in [2.05, 4.69) is 20.4 Å². The van der Waals surface area contributed by atoms with E-state index in [1.165, 1.54) is 12.1 Å². The number of alkyl halides is 2. The number of hydrogen-bond acceptors (Lipinski definition) is 4. The Morgan fingerprint density at radius 3 is 2.60 bits per heavy atom. The first-order chi connectivity index (χ1) is 12.1. The van der Waals surface area contributed by atoms with Gasteiger partial charge in [0, 0.05) is 13.1 Å². The lowest BCUT2D eigenvalue weighted by Crippen LogP contribution is -2.39. The molecule has 0 radical (unpaired) electrons. The highest BCUT2D eigenvalue weighted by Crippen LogP contribution is 2.19. The summed E-state index contributed by atoms with van der Waals surface area (Å²) >= 11 is 1.62. The summed E-state index contributed by atoms with van der Waals surface area (Å²) < 4.78 is 28.6. The van der Waals surface area contributed by atoms with Crippen LogP contribution >= 0.6 is 11.3 Å². The summed E-state index contributed by atoms with van der Waals surface area (Å²) in [5, 5.41) is 20.4. The summed E-state index contributed by atoms with van der Waals surface area (Å²) in [5.41, 5.74) is 1.72. The first-order valence-electron chi connectivity index (χ1n) is 7.84. The van der Waals surface area contributed by atoms with Crippen molar-refractivity contribution in [3.8, 4) is 5.75 Å². The van der Waals surface area contributed by atoms with Crippen molar-refractivity contribution >= 4 is 17.3 Å². The molecule has 2 rings (SSSR count). The highest BCUT2D eigenvalue weighted by Gasteiger charge is 2.10. The van der Waals surface area contributed by atoms with Gasteiger partial charge >= 0.3 is 6.61 Å². The molecule has 8 heteroatoms. The number of thiophene rings is 1. The highest BCUT2D eigenvalue weighted by molar-refractivity contribution is 7.07. The molecule has 0 aliphatic carbocycles.